The van der Waals surface area contributed by atoms with Crippen molar-refractivity contribution < 1.29 is 19.0 Å². The summed E-state index contributed by atoms with van der Waals surface area (Å²) in [6, 6.07) is 5.23. The lowest BCUT2D eigenvalue weighted by molar-refractivity contribution is -0.191. The fourth-order valence-corrected chi connectivity index (χ4v) is 3.21. The Morgan fingerprint density at radius 3 is 2.67 bits per heavy atom. The van der Waals surface area contributed by atoms with E-state index in [1.165, 1.54) is 19.6 Å². The van der Waals surface area contributed by atoms with Crippen molar-refractivity contribution >= 4 is 40.9 Å². The molecule has 1 aromatic carbocycles. The summed E-state index contributed by atoms with van der Waals surface area (Å²) in [5.41, 5.74) is 0.753. The second kappa shape index (κ2) is 8.39. The van der Waals surface area contributed by atoms with Crippen LogP contribution in [0.5, 0.6) is 0 Å². The molecule has 0 bridgehead atoms. The molecule has 2 heterocycles. The van der Waals surface area contributed by atoms with Gasteiger partial charge in [-0.1, -0.05) is 36.2 Å². The van der Waals surface area contributed by atoms with E-state index in [9.17, 15) is 4.79 Å². The number of halogens is 2. The Labute approximate surface area is 166 Å². The Kier molecular flexibility index (Phi) is 6.16. The van der Waals surface area contributed by atoms with Gasteiger partial charge in [-0.2, -0.15) is 5.10 Å². The molecule has 0 radical (unpaired) electrons. The molecule has 9 heteroatoms. The number of nitrogens with zero attached hydrogens (tertiary/aromatic N) is 3. The maximum atomic E-state index is 11.8. The molecule has 0 N–H and O–H groups in total. The molecule has 1 saturated heterocycles. The highest BCUT2D eigenvalue weighted by Gasteiger charge is 2.43. The minimum absolute atomic E-state index is 0.206. The molecule has 7 nitrogen and oxygen atoms in total. The zero-order valence-corrected chi connectivity index (χ0v) is 16.4. The van der Waals surface area contributed by atoms with Gasteiger partial charge in [0.25, 0.3) is 0 Å². The average Bonchev–Trinajstić information content (AvgIpc) is 3.16. The summed E-state index contributed by atoms with van der Waals surface area (Å²) in [6.45, 7) is 4.21. The maximum Gasteiger partial charge on any atom is 0.303 e. The minimum atomic E-state index is -0.688. The van der Waals surface area contributed by atoms with Crippen LogP contribution < -0.4 is 0 Å². The molecule has 1 fully saturated rings. The predicted molar refractivity (Wildman–Crippen MR) is 101 cm³/mol. The van der Waals surface area contributed by atoms with Gasteiger partial charge in [0.1, 0.15) is 19.4 Å². The zero-order chi connectivity index (χ0) is 19.4. The van der Waals surface area contributed by atoms with Crippen molar-refractivity contribution in [3.63, 3.8) is 0 Å². The van der Waals surface area contributed by atoms with Gasteiger partial charge in [0.05, 0.1) is 34.4 Å². The molecule has 2 aromatic rings. The molecular formula is C18H19Cl2N3O4. The average molecular weight is 412 g/mol. The van der Waals surface area contributed by atoms with Gasteiger partial charge in [-0.3, -0.25) is 4.79 Å². The smallest absolute Gasteiger partial charge is 0.303 e. The van der Waals surface area contributed by atoms with E-state index in [0.717, 1.165) is 5.56 Å². The molecule has 0 aliphatic carbocycles. The molecule has 144 valence electrons. The Hall–Kier alpha value is -1.93. The number of hydrogen-bond acceptors (Lipinski definition) is 6. The molecular weight excluding hydrogens is 393 g/mol. The van der Waals surface area contributed by atoms with Crippen LogP contribution in [0.4, 0.5) is 0 Å². The monoisotopic (exact) mass is 411 g/mol. The van der Waals surface area contributed by atoms with Crippen LogP contribution in [-0.4, -0.2) is 46.8 Å². The highest BCUT2D eigenvalue weighted by atomic mass is 35.5. The normalized spacial score (nSPS) is 18.1. The number of carbonyl (C=O) groups excluding carboxylic acids is 1. The number of aromatic nitrogens is 3. The lowest BCUT2D eigenvalue weighted by Gasteiger charge is -2.39. The number of hydrogen-bond donors (Lipinski definition) is 0. The van der Waals surface area contributed by atoms with Crippen molar-refractivity contribution in [1.29, 1.82) is 0 Å². The van der Waals surface area contributed by atoms with Gasteiger partial charge >= 0.3 is 5.97 Å². The van der Waals surface area contributed by atoms with Gasteiger partial charge in [0, 0.05) is 6.92 Å². The van der Waals surface area contributed by atoms with Crippen molar-refractivity contribution in [3.8, 4) is 0 Å². The summed E-state index contributed by atoms with van der Waals surface area (Å²) in [6.07, 6.45) is 4.08. The molecule has 1 aliphatic rings. The summed E-state index contributed by atoms with van der Waals surface area (Å²) in [4.78, 5) is 15.9. The quantitative estimate of drug-likeness (QED) is 0.700. The predicted octanol–water partition coefficient (Wildman–Crippen LogP) is 3.53. The van der Waals surface area contributed by atoms with Crippen LogP contribution in [0.2, 0.25) is 10.0 Å². The first-order chi connectivity index (χ1) is 12.9. The van der Waals surface area contributed by atoms with E-state index in [4.69, 9.17) is 37.4 Å². The lowest BCUT2D eigenvalue weighted by atomic mass is 9.83. The second-order valence-corrected chi connectivity index (χ2v) is 7.36. The Balaban J connectivity index is 2.09. The van der Waals surface area contributed by atoms with E-state index in [-0.39, 0.29) is 6.79 Å². The summed E-state index contributed by atoms with van der Waals surface area (Å²) < 4.78 is 18.2. The number of benzene rings is 1. The van der Waals surface area contributed by atoms with E-state index in [2.05, 4.69) is 10.1 Å². The lowest BCUT2D eigenvalue weighted by Crippen LogP contribution is -2.47. The highest BCUT2D eigenvalue weighted by molar-refractivity contribution is 6.42. The molecule has 1 atom stereocenters. The number of ether oxygens (including phenoxy) is 3. The molecule has 0 amide bonds. The summed E-state index contributed by atoms with van der Waals surface area (Å²) in [5, 5.41) is 5.08. The molecule has 1 aromatic heterocycles. The Bertz CT molecular complexity index is 833. The molecule has 3 rings (SSSR count). The fourth-order valence-electron chi connectivity index (χ4n) is 2.90. The van der Waals surface area contributed by atoms with Crippen LogP contribution in [0.3, 0.4) is 0 Å². The van der Waals surface area contributed by atoms with Crippen molar-refractivity contribution in [1.82, 2.24) is 14.8 Å². The van der Waals surface area contributed by atoms with Crippen LogP contribution in [0.25, 0.3) is 11.8 Å². The first kappa shape index (κ1) is 19.8. The number of rotatable bonds is 5. The van der Waals surface area contributed by atoms with Gasteiger partial charge in [-0.05, 0) is 23.8 Å². The molecule has 1 unspecified atom stereocenters. The molecule has 1 aliphatic heterocycles. The van der Waals surface area contributed by atoms with E-state index in [0.29, 0.717) is 29.0 Å². The van der Waals surface area contributed by atoms with Crippen molar-refractivity contribution in [3.05, 3.63) is 46.5 Å². The van der Waals surface area contributed by atoms with E-state index in [1.807, 2.05) is 19.1 Å². The molecule has 0 spiro atoms. The minimum Gasteiger partial charge on any atom is -0.455 e. The highest BCUT2D eigenvalue weighted by Crippen LogP contribution is 2.36. The topological polar surface area (TPSA) is 75.5 Å². The van der Waals surface area contributed by atoms with Crippen LogP contribution in [0.15, 0.2) is 30.9 Å². The largest absolute Gasteiger partial charge is 0.455 e. The van der Waals surface area contributed by atoms with E-state index < -0.39 is 17.5 Å². The summed E-state index contributed by atoms with van der Waals surface area (Å²) in [7, 11) is 0. The zero-order valence-electron chi connectivity index (χ0n) is 14.9. The standard InChI is InChI=1S/C18H19Cl2N3O4/c1-12(24)27-17(18(2)7-25-11-26-8-18)16(23-10-21-9-22-23)6-13-3-4-14(19)15(20)5-13/h3-6,9-10,17H,7-8,11H2,1-2H3/b16-6-. The Morgan fingerprint density at radius 2 is 2.07 bits per heavy atom. The second-order valence-electron chi connectivity index (χ2n) is 6.54. The summed E-state index contributed by atoms with van der Waals surface area (Å²) in [5.74, 6) is -0.424. The van der Waals surface area contributed by atoms with Crippen molar-refractivity contribution in [2.75, 3.05) is 20.0 Å². The molecule has 27 heavy (non-hydrogen) atoms. The maximum absolute atomic E-state index is 11.8. The Morgan fingerprint density at radius 1 is 1.33 bits per heavy atom. The van der Waals surface area contributed by atoms with Crippen LogP contribution in [-0.2, 0) is 19.0 Å². The summed E-state index contributed by atoms with van der Waals surface area (Å²) >= 11 is 12.2. The van der Waals surface area contributed by atoms with Crippen LogP contribution in [0.1, 0.15) is 19.4 Å². The van der Waals surface area contributed by atoms with Crippen LogP contribution in [0, 0.1) is 5.41 Å². The van der Waals surface area contributed by atoms with E-state index >= 15 is 0 Å². The number of carbonyl (C=O) groups is 1. The van der Waals surface area contributed by atoms with Crippen LogP contribution >= 0.6 is 23.2 Å². The van der Waals surface area contributed by atoms with Gasteiger partial charge in [-0.15, -0.1) is 0 Å². The van der Waals surface area contributed by atoms with Gasteiger partial charge in [0.15, 0.2) is 6.10 Å². The third kappa shape index (κ3) is 4.68. The molecule has 0 saturated carbocycles. The first-order valence-electron chi connectivity index (χ1n) is 8.23. The fraction of sp³-hybridized carbons (Fsp3) is 0.389. The third-order valence-electron chi connectivity index (χ3n) is 4.16. The third-order valence-corrected chi connectivity index (χ3v) is 4.90. The van der Waals surface area contributed by atoms with Gasteiger partial charge < -0.3 is 14.2 Å². The van der Waals surface area contributed by atoms with Gasteiger partial charge in [0.2, 0.25) is 0 Å². The van der Waals surface area contributed by atoms with E-state index in [1.54, 1.807) is 16.8 Å². The van der Waals surface area contributed by atoms with Crippen molar-refractivity contribution in [2.45, 2.75) is 20.0 Å². The van der Waals surface area contributed by atoms with Gasteiger partial charge in [-0.25, -0.2) is 9.67 Å². The number of esters is 1. The first-order valence-corrected chi connectivity index (χ1v) is 8.99. The SMILES string of the molecule is CC(=O)OC(/C(=C/c1ccc(Cl)c(Cl)c1)n1cncn1)C1(C)COCOC1. The van der Waals surface area contributed by atoms with Crippen molar-refractivity contribution in [2.24, 2.45) is 5.41 Å².